The summed E-state index contributed by atoms with van der Waals surface area (Å²) < 4.78 is 35.6. The summed E-state index contributed by atoms with van der Waals surface area (Å²) in [6.07, 6.45) is -4.37. The lowest BCUT2D eigenvalue weighted by atomic mass is 10.2. The molecule has 0 saturated carbocycles. The molecule has 20 heavy (non-hydrogen) atoms. The number of benzene rings is 1. The molecule has 0 fully saturated rings. The number of hydrogen-bond acceptors (Lipinski definition) is 3. The van der Waals surface area contributed by atoms with Crippen LogP contribution in [0.5, 0.6) is 0 Å². The van der Waals surface area contributed by atoms with Crippen LogP contribution in [0.2, 0.25) is 0 Å². The number of amides is 3. The number of nitrogens with two attached hydrogens (primary N) is 1. The minimum Gasteiger partial charge on any atom is -0.351 e. The molecule has 0 bridgehead atoms. The highest BCUT2D eigenvalue weighted by atomic mass is 19.4. The van der Waals surface area contributed by atoms with E-state index >= 15 is 0 Å². The van der Waals surface area contributed by atoms with Gasteiger partial charge in [0.2, 0.25) is 5.91 Å². The topological polar surface area (TPSA) is 96.2 Å². The van der Waals surface area contributed by atoms with Crippen molar-refractivity contribution in [2.24, 2.45) is 5.73 Å². The van der Waals surface area contributed by atoms with Gasteiger partial charge in [-0.3, -0.25) is 4.79 Å². The van der Waals surface area contributed by atoms with E-state index in [0.717, 1.165) is 0 Å². The maximum absolute atomic E-state index is 11.9. The molecule has 0 spiro atoms. The van der Waals surface area contributed by atoms with E-state index < -0.39 is 31.2 Å². The van der Waals surface area contributed by atoms with Crippen molar-refractivity contribution in [2.75, 3.05) is 23.7 Å². The Balaban J connectivity index is 2.47. The Bertz CT molecular complexity index is 491. The van der Waals surface area contributed by atoms with E-state index in [1.807, 2.05) is 5.32 Å². The van der Waals surface area contributed by atoms with Crippen molar-refractivity contribution in [3.63, 3.8) is 0 Å². The Morgan fingerprint density at radius 1 is 1.15 bits per heavy atom. The Kier molecular flexibility index (Phi) is 5.32. The molecule has 0 radical (unpaired) electrons. The van der Waals surface area contributed by atoms with Crippen molar-refractivity contribution in [3.8, 4) is 0 Å². The van der Waals surface area contributed by atoms with Gasteiger partial charge >= 0.3 is 12.2 Å². The average Bonchev–Trinajstić information content (AvgIpc) is 2.26. The maximum atomic E-state index is 11.9. The first-order valence-electron chi connectivity index (χ1n) is 5.50. The van der Waals surface area contributed by atoms with Crippen molar-refractivity contribution in [2.45, 2.75) is 6.18 Å². The summed E-state index contributed by atoms with van der Waals surface area (Å²) >= 11 is 0. The highest BCUT2D eigenvalue weighted by Gasteiger charge is 2.26. The molecule has 0 aromatic heterocycles. The van der Waals surface area contributed by atoms with Gasteiger partial charge in [-0.25, -0.2) is 4.79 Å². The predicted molar refractivity (Wildman–Crippen MR) is 67.2 cm³/mol. The molecule has 0 unspecified atom stereocenters. The number of hydrogen-bond donors (Lipinski definition) is 4. The summed E-state index contributed by atoms with van der Waals surface area (Å²) in [5.41, 5.74) is 5.62. The van der Waals surface area contributed by atoms with Crippen LogP contribution >= 0.6 is 0 Å². The molecule has 3 amide bonds. The summed E-state index contributed by atoms with van der Waals surface area (Å²) in [6, 6.07) is 5.27. The Labute approximate surface area is 112 Å². The van der Waals surface area contributed by atoms with Crippen molar-refractivity contribution in [1.82, 2.24) is 5.32 Å². The fourth-order valence-electron chi connectivity index (χ4n) is 1.34. The smallest absolute Gasteiger partial charge is 0.351 e. The molecule has 0 aliphatic rings. The number of rotatable bonds is 5. The lowest BCUT2D eigenvalue weighted by Crippen LogP contribution is -2.35. The zero-order valence-corrected chi connectivity index (χ0v) is 10.3. The van der Waals surface area contributed by atoms with Crippen molar-refractivity contribution in [3.05, 3.63) is 24.3 Å². The van der Waals surface area contributed by atoms with E-state index in [9.17, 15) is 22.8 Å². The number of urea groups is 1. The molecular formula is C11H13F3N4O2. The van der Waals surface area contributed by atoms with Gasteiger partial charge < -0.3 is 21.7 Å². The van der Waals surface area contributed by atoms with Crippen LogP contribution in [0.4, 0.5) is 29.3 Å². The first kappa shape index (κ1) is 15.8. The summed E-state index contributed by atoms with van der Waals surface area (Å²) in [6.45, 7) is -1.73. The van der Waals surface area contributed by atoms with Crippen molar-refractivity contribution >= 4 is 23.3 Å². The second kappa shape index (κ2) is 6.75. The second-order valence-electron chi connectivity index (χ2n) is 3.84. The van der Waals surface area contributed by atoms with Crippen LogP contribution in [-0.4, -0.2) is 31.2 Å². The zero-order chi connectivity index (χ0) is 15.2. The zero-order valence-electron chi connectivity index (χ0n) is 10.3. The van der Waals surface area contributed by atoms with Crippen LogP contribution in [-0.2, 0) is 4.79 Å². The first-order valence-corrected chi connectivity index (χ1v) is 5.50. The van der Waals surface area contributed by atoms with Crippen molar-refractivity contribution < 1.29 is 22.8 Å². The van der Waals surface area contributed by atoms with Gasteiger partial charge in [0.25, 0.3) is 0 Å². The van der Waals surface area contributed by atoms with Gasteiger partial charge in [0.1, 0.15) is 0 Å². The largest absolute Gasteiger partial charge is 0.401 e. The fourth-order valence-corrected chi connectivity index (χ4v) is 1.34. The van der Waals surface area contributed by atoms with E-state index in [4.69, 9.17) is 5.73 Å². The predicted octanol–water partition coefficient (Wildman–Crippen LogP) is 1.27. The Hall–Kier alpha value is -2.29. The molecule has 0 aliphatic heterocycles. The third kappa shape index (κ3) is 6.59. The van der Waals surface area contributed by atoms with Crippen LogP contribution in [0.25, 0.3) is 0 Å². The molecule has 0 saturated heterocycles. The average molecular weight is 290 g/mol. The third-order valence-electron chi connectivity index (χ3n) is 2.02. The van der Waals surface area contributed by atoms with Crippen LogP contribution in [0, 0.1) is 0 Å². The fraction of sp³-hybridized carbons (Fsp3) is 0.273. The summed E-state index contributed by atoms with van der Waals surface area (Å²) in [5.74, 6) is -0.634. The number of carbonyl (C=O) groups is 2. The molecule has 0 heterocycles. The minimum absolute atomic E-state index is 0.329. The van der Waals surface area contributed by atoms with Gasteiger partial charge in [-0.2, -0.15) is 13.2 Å². The molecule has 1 aromatic carbocycles. The summed E-state index contributed by atoms with van der Waals surface area (Å²) in [5, 5.41) is 6.65. The standard InChI is InChI=1S/C11H13F3N4O2/c12-11(13,14)6-16-5-9(19)17-7-2-1-3-8(4-7)18-10(15)20/h1-4,16H,5-6H2,(H,17,19)(H3,15,18,20). The SMILES string of the molecule is NC(=O)Nc1cccc(NC(=O)CNCC(F)(F)F)c1. The molecule has 6 nitrogen and oxygen atoms in total. The molecule has 9 heteroatoms. The monoisotopic (exact) mass is 290 g/mol. The van der Waals surface area contributed by atoms with Gasteiger partial charge in [0, 0.05) is 11.4 Å². The Morgan fingerprint density at radius 3 is 2.30 bits per heavy atom. The molecule has 110 valence electrons. The molecular weight excluding hydrogens is 277 g/mol. The van der Waals surface area contributed by atoms with Gasteiger partial charge in [-0.1, -0.05) is 6.07 Å². The van der Waals surface area contributed by atoms with Crippen LogP contribution < -0.4 is 21.7 Å². The highest BCUT2D eigenvalue weighted by Crippen LogP contribution is 2.15. The second-order valence-corrected chi connectivity index (χ2v) is 3.84. The van der Waals surface area contributed by atoms with Crippen molar-refractivity contribution in [1.29, 1.82) is 0 Å². The third-order valence-corrected chi connectivity index (χ3v) is 2.02. The van der Waals surface area contributed by atoms with E-state index in [1.165, 1.54) is 12.1 Å². The summed E-state index contributed by atoms with van der Waals surface area (Å²) in [4.78, 5) is 22.0. The minimum atomic E-state index is -4.37. The Morgan fingerprint density at radius 2 is 1.75 bits per heavy atom. The molecule has 5 N–H and O–H groups in total. The van der Waals surface area contributed by atoms with Gasteiger partial charge in [-0.05, 0) is 18.2 Å². The van der Waals surface area contributed by atoms with E-state index in [-0.39, 0.29) is 0 Å². The van der Waals surface area contributed by atoms with Crippen LogP contribution in [0.1, 0.15) is 0 Å². The first-order chi connectivity index (χ1) is 9.26. The van der Waals surface area contributed by atoms with Gasteiger partial charge in [0.15, 0.2) is 0 Å². The van der Waals surface area contributed by atoms with E-state index in [2.05, 4.69) is 10.6 Å². The number of anilines is 2. The number of primary amides is 1. The maximum Gasteiger partial charge on any atom is 0.401 e. The quantitative estimate of drug-likeness (QED) is 0.657. The van der Waals surface area contributed by atoms with Crippen LogP contribution in [0.3, 0.4) is 0 Å². The molecule has 0 atom stereocenters. The number of halogens is 3. The number of carbonyl (C=O) groups excluding carboxylic acids is 2. The molecule has 1 rings (SSSR count). The van der Waals surface area contributed by atoms with Crippen LogP contribution in [0.15, 0.2) is 24.3 Å². The lowest BCUT2D eigenvalue weighted by Gasteiger charge is -2.09. The number of alkyl halides is 3. The van der Waals surface area contributed by atoms with Gasteiger partial charge in [-0.15, -0.1) is 0 Å². The van der Waals surface area contributed by atoms with E-state index in [1.54, 1.807) is 12.1 Å². The summed E-state index contributed by atoms with van der Waals surface area (Å²) in [7, 11) is 0. The normalized spacial score (nSPS) is 10.9. The van der Waals surface area contributed by atoms with Gasteiger partial charge in [0.05, 0.1) is 13.1 Å². The highest BCUT2D eigenvalue weighted by molar-refractivity contribution is 5.94. The lowest BCUT2D eigenvalue weighted by molar-refractivity contribution is -0.126. The number of nitrogens with one attached hydrogen (secondary N) is 3. The van der Waals surface area contributed by atoms with E-state index in [0.29, 0.717) is 11.4 Å². The molecule has 0 aliphatic carbocycles. The molecule has 1 aromatic rings.